The van der Waals surface area contributed by atoms with Crippen LogP contribution in [0, 0.1) is 5.92 Å². The first kappa shape index (κ1) is 20.0. The molecule has 0 radical (unpaired) electrons. The molecule has 1 saturated heterocycles. The molecule has 4 heterocycles. The van der Waals surface area contributed by atoms with E-state index in [2.05, 4.69) is 4.98 Å². The fourth-order valence-corrected chi connectivity index (χ4v) is 5.31. The molecule has 2 N–H and O–H groups in total. The van der Waals surface area contributed by atoms with E-state index in [0.717, 1.165) is 16.9 Å². The molecular formula is C18H21ClN4O2S2. The van der Waals surface area contributed by atoms with Crippen molar-refractivity contribution in [2.45, 2.75) is 25.9 Å². The Kier molecular flexibility index (Phi) is 6.00. The summed E-state index contributed by atoms with van der Waals surface area (Å²) in [5, 5.41) is 4.55. The van der Waals surface area contributed by atoms with Gasteiger partial charge in [0.05, 0.1) is 11.7 Å². The van der Waals surface area contributed by atoms with Crippen LogP contribution in [-0.2, 0) is 11.3 Å². The zero-order valence-electron chi connectivity index (χ0n) is 14.8. The summed E-state index contributed by atoms with van der Waals surface area (Å²) in [6.45, 7) is 3.30. The van der Waals surface area contributed by atoms with Crippen molar-refractivity contribution in [1.29, 1.82) is 0 Å². The van der Waals surface area contributed by atoms with Gasteiger partial charge in [-0.3, -0.25) is 14.2 Å². The van der Waals surface area contributed by atoms with Crippen molar-refractivity contribution in [3.63, 3.8) is 0 Å². The van der Waals surface area contributed by atoms with Crippen LogP contribution in [-0.4, -0.2) is 39.5 Å². The lowest BCUT2D eigenvalue weighted by molar-refractivity contribution is -0.132. The number of nitrogens with two attached hydrogens (primary N) is 1. The van der Waals surface area contributed by atoms with Gasteiger partial charge in [-0.15, -0.1) is 35.1 Å². The normalized spacial score (nSPS) is 19.4. The molecule has 3 aromatic rings. The predicted octanol–water partition coefficient (Wildman–Crippen LogP) is 2.80. The molecule has 27 heavy (non-hydrogen) atoms. The number of aromatic nitrogens is 2. The largest absolute Gasteiger partial charge is 0.338 e. The zero-order chi connectivity index (χ0) is 18.3. The number of rotatable bonds is 4. The van der Waals surface area contributed by atoms with Gasteiger partial charge >= 0.3 is 0 Å². The van der Waals surface area contributed by atoms with Gasteiger partial charge in [-0.05, 0) is 37.3 Å². The third-order valence-electron chi connectivity index (χ3n) is 4.97. The third kappa shape index (κ3) is 3.67. The van der Waals surface area contributed by atoms with E-state index in [9.17, 15) is 9.59 Å². The highest BCUT2D eigenvalue weighted by Gasteiger charge is 2.31. The molecule has 1 fully saturated rings. The van der Waals surface area contributed by atoms with Crippen molar-refractivity contribution in [2.24, 2.45) is 11.7 Å². The van der Waals surface area contributed by atoms with E-state index in [1.54, 1.807) is 11.3 Å². The van der Waals surface area contributed by atoms with Crippen LogP contribution in [0.1, 0.15) is 13.3 Å². The minimum absolute atomic E-state index is 0. The maximum absolute atomic E-state index is 13.0. The Morgan fingerprint density at radius 1 is 1.41 bits per heavy atom. The molecule has 144 valence electrons. The van der Waals surface area contributed by atoms with Crippen molar-refractivity contribution < 1.29 is 4.79 Å². The first-order chi connectivity index (χ1) is 12.6. The summed E-state index contributed by atoms with van der Waals surface area (Å²) >= 11 is 3.05. The topological polar surface area (TPSA) is 81.2 Å². The van der Waals surface area contributed by atoms with E-state index >= 15 is 0 Å². The van der Waals surface area contributed by atoms with E-state index in [1.807, 2.05) is 34.7 Å². The first-order valence-electron chi connectivity index (χ1n) is 8.58. The van der Waals surface area contributed by atoms with Crippen LogP contribution in [0.3, 0.4) is 0 Å². The number of nitrogens with zero attached hydrogens (tertiary/aromatic N) is 3. The van der Waals surface area contributed by atoms with Crippen molar-refractivity contribution in [3.8, 4) is 10.4 Å². The third-order valence-corrected chi connectivity index (χ3v) is 6.76. The number of amides is 1. The minimum atomic E-state index is -0.157. The van der Waals surface area contributed by atoms with E-state index in [0.29, 0.717) is 29.2 Å². The first-order valence-corrected chi connectivity index (χ1v) is 10.3. The Bertz CT molecular complexity index is 999. The highest BCUT2D eigenvalue weighted by Crippen LogP contribution is 2.33. The SMILES string of the molecule is CC1CC(CN)CN1C(=O)Cn1cnc2scc(-c3cccs3)c2c1=O.Cl. The number of hydrogen-bond acceptors (Lipinski definition) is 6. The van der Waals surface area contributed by atoms with Gasteiger partial charge in [-0.1, -0.05) is 6.07 Å². The molecule has 0 aliphatic carbocycles. The standard InChI is InChI=1S/C18H20N4O2S2.ClH/c1-11-5-12(6-19)7-22(11)15(23)8-21-10-20-17-16(18(21)24)13(9-26-17)14-3-2-4-25-14;/h2-4,9-12H,5-8,19H2,1H3;1H. The number of hydrogen-bond donors (Lipinski definition) is 1. The number of carbonyl (C=O) groups excluding carboxylic acids is 1. The Morgan fingerprint density at radius 2 is 2.22 bits per heavy atom. The Hall–Kier alpha value is -1.74. The van der Waals surface area contributed by atoms with Crippen molar-refractivity contribution in [1.82, 2.24) is 14.5 Å². The van der Waals surface area contributed by atoms with Crippen molar-refractivity contribution in [2.75, 3.05) is 13.1 Å². The Morgan fingerprint density at radius 3 is 2.89 bits per heavy atom. The monoisotopic (exact) mass is 424 g/mol. The fourth-order valence-electron chi connectivity index (χ4n) is 3.59. The summed E-state index contributed by atoms with van der Waals surface area (Å²) < 4.78 is 1.43. The summed E-state index contributed by atoms with van der Waals surface area (Å²) in [5.41, 5.74) is 6.49. The lowest BCUT2D eigenvalue weighted by Gasteiger charge is -2.21. The van der Waals surface area contributed by atoms with Gasteiger partial charge < -0.3 is 10.6 Å². The maximum atomic E-state index is 13.0. The van der Waals surface area contributed by atoms with Crippen LogP contribution in [0.15, 0.2) is 34.0 Å². The number of fused-ring (bicyclic) bond motifs is 1. The molecule has 3 aromatic heterocycles. The number of halogens is 1. The highest BCUT2D eigenvalue weighted by atomic mass is 35.5. The van der Waals surface area contributed by atoms with E-state index in [-0.39, 0.29) is 36.5 Å². The average Bonchev–Trinajstić information content (AvgIpc) is 3.35. The molecular weight excluding hydrogens is 404 g/mol. The summed E-state index contributed by atoms with van der Waals surface area (Å²) in [7, 11) is 0. The average molecular weight is 425 g/mol. The zero-order valence-corrected chi connectivity index (χ0v) is 17.3. The van der Waals surface area contributed by atoms with E-state index in [4.69, 9.17) is 5.73 Å². The number of likely N-dealkylation sites (tertiary alicyclic amines) is 1. The molecule has 0 spiro atoms. The van der Waals surface area contributed by atoms with Crippen LogP contribution in [0.5, 0.6) is 0 Å². The van der Waals surface area contributed by atoms with Gasteiger partial charge in [0.25, 0.3) is 5.56 Å². The molecule has 9 heteroatoms. The van der Waals surface area contributed by atoms with Crippen LogP contribution >= 0.6 is 35.1 Å². The quantitative estimate of drug-likeness (QED) is 0.698. The molecule has 0 saturated carbocycles. The second-order valence-electron chi connectivity index (χ2n) is 6.72. The Labute approximate surface area is 171 Å². The van der Waals surface area contributed by atoms with E-state index < -0.39 is 0 Å². The summed E-state index contributed by atoms with van der Waals surface area (Å²) in [6, 6.07) is 4.11. The molecule has 4 rings (SSSR count). The second kappa shape index (κ2) is 8.10. The van der Waals surface area contributed by atoms with Gasteiger partial charge in [0, 0.05) is 28.4 Å². The highest BCUT2D eigenvalue weighted by molar-refractivity contribution is 7.18. The van der Waals surface area contributed by atoms with Gasteiger partial charge in [0.2, 0.25) is 5.91 Å². The van der Waals surface area contributed by atoms with Gasteiger partial charge in [0.1, 0.15) is 11.4 Å². The smallest absolute Gasteiger partial charge is 0.263 e. The molecule has 0 bridgehead atoms. The summed E-state index contributed by atoms with van der Waals surface area (Å²) in [5.74, 6) is 0.290. The maximum Gasteiger partial charge on any atom is 0.263 e. The second-order valence-corrected chi connectivity index (χ2v) is 8.52. The molecule has 2 atom stereocenters. The van der Waals surface area contributed by atoms with Crippen molar-refractivity contribution >= 4 is 51.2 Å². The molecule has 1 amide bonds. The van der Waals surface area contributed by atoms with Crippen LogP contribution in [0.4, 0.5) is 0 Å². The van der Waals surface area contributed by atoms with Crippen molar-refractivity contribution in [3.05, 3.63) is 39.6 Å². The molecule has 1 aliphatic heterocycles. The summed E-state index contributed by atoms with van der Waals surface area (Å²) in [6.07, 6.45) is 2.40. The lowest BCUT2D eigenvalue weighted by Crippen LogP contribution is -2.39. The van der Waals surface area contributed by atoms with Crippen LogP contribution in [0.2, 0.25) is 0 Å². The van der Waals surface area contributed by atoms with Gasteiger partial charge in [0.15, 0.2) is 0 Å². The number of carbonyl (C=O) groups is 1. The molecule has 0 aromatic carbocycles. The fraction of sp³-hybridized carbons (Fsp3) is 0.389. The molecule has 1 aliphatic rings. The predicted molar refractivity (Wildman–Crippen MR) is 113 cm³/mol. The van der Waals surface area contributed by atoms with Gasteiger partial charge in [-0.25, -0.2) is 4.98 Å². The van der Waals surface area contributed by atoms with Crippen LogP contribution < -0.4 is 11.3 Å². The molecule has 6 nitrogen and oxygen atoms in total. The summed E-state index contributed by atoms with van der Waals surface area (Å²) in [4.78, 5) is 33.7. The minimum Gasteiger partial charge on any atom is -0.338 e. The van der Waals surface area contributed by atoms with Crippen LogP contribution in [0.25, 0.3) is 20.7 Å². The Balaban J connectivity index is 0.00000210. The number of thiophene rings is 2. The lowest BCUT2D eigenvalue weighted by atomic mass is 10.1. The van der Waals surface area contributed by atoms with Gasteiger partial charge in [-0.2, -0.15) is 0 Å². The van der Waals surface area contributed by atoms with E-state index in [1.165, 1.54) is 22.2 Å². The molecule has 2 unspecified atom stereocenters.